The molecular formula is C28H46O3S. The molecule has 0 aliphatic heterocycles. The van der Waals surface area contributed by atoms with Crippen molar-refractivity contribution < 1.29 is 15.3 Å². The van der Waals surface area contributed by atoms with Crippen molar-refractivity contribution in [1.82, 2.24) is 0 Å². The van der Waals surface area contributed by atoms with Crippen LogP contribution < -0.4 is 0 Å². The van der Waals surface area contributed by atoms with Gasteiger partial charge in [-0.2, -0.15) is 11.8 Å². The number of allylic oxidation sites excluding steroid dienone is 3. The number of unbranched alkanes of at least 4 members (excludes halogenated alkanes) is 1. The summed E-state index contributed by atoms with van der Waals surface area (Å²) in [5, 5.41) is 30.8. The lowest BCUT2D eigenvalue weighted by molar-refractivity contribution is 0.0687. The van der Waals surface area contributed by atoms with Crippen LogP contribution in [0.3, 0.4) is 0 Å². The summed E-state index contributed by atoms with van der Waals surface area (Å²) in [6, 6.07) is 0. The summed E-state index contributed by atoms with van der Waals surface area (Å²) >= 11 is 2.14. The molecular weight excluding hydrogens is 416 g/mol. The molecule has 3 N–H and O–H groups in total. The number of hydrogen-bond acceptors (Lipinski definition) is 4. The topological polar surface area (TPSA) is 60.7 Å². The van der Waals surface area contributed by atoms with Crippen LogP contribution in [0.4, 0.5) is 0 Å². The Hall–Kier alpha value is -0.550. The Morgan fingerprint density at radius 3 is 2.69 bits per heavy atom. The second-order valence-electron chi connectivity index (χ2n) is 11.5. The van der Waals surface area contributed by atoms with Gasteiger partial charge in [0.05, 0.1) is 17.8 Å². The number of aliphatic hydroxyl groups is 3. The van der Waals surface area contributed by atoms with E-state index in [9.17, 15) is 15.3 Å². The Bertz CT molecular complexity index is 719. The molecule has 0 spiro atoms. The van der Waals surface area contributed by atoms with Crippen LogP contribution >= 0.6 is 11.8 Å². The minimum absolute atomic E-state index is 0.380. The summed E-state index contributed by atoms with van der Waals surface area (Å²) in [4.78, 5) is 0. The molecule has 0 amide bonds. The first-order valence-electron chi connectivity index (χ1n) is 12.8. The van der Waals surface area contributed by atoms with Crippen LogP contribution in [-0.4, -0.2) is 44.1 Å². The maximum Gasteiger partial charge on any atom is 0.0811 e. The van der Waals surface area contributed by atoms with E-state index in [2.05, 4.69) is 44.3 Å². The van der Waals surface area contributed by atoms with Gasteiger partial charge in [0.1, 0.15) is 0 Å². The van der Waals surface area contributed by atoms with E-state index in [0.29, 0.717) is 29.4 Å². The van der Waals surface area contributed by atoms with E-state index < -0.39 is 17.8 Å². The van der Waals surface area contributed by atoms with Gasteiger partial charge in [-0.05, 0) is 106 Å². The van der Waals surface area contributed by atoms with Crippen molar-refractivity contribution in [2.24, 2.45) is 17.3 Å². The van der Waals surface area contributed by atoms with E-state index in [1.807, 2.05) is 13.8 Å². The first-order chi connectivity index (χ1) is 15.0. The monoisotopic (exact) mass is 462 g/mol. The minimum Gasteiger partial charge on any atom is -0.393 e. The lowest BCUT2D eigenvalue weighted by atomic mass is 9.63. The number of rotatable bonds is 8. The summed E-state index contributed by atoms with van der Waals surface area (Å²) in [7, 11) is 0. The third-order valence-electron chi connectivity index (χ3n) is 8.43. The molecule has 3 nitrogen and oxygen atoms in total. The molecule has 0 heterocycles. The fourth-order valence-electron chi connectivity index (χ4n) is 6.56. The van der Waals surface area contributed by atoms with Crippen molar-refractivity contribution >= 4 is 11.8 Å². The highest BCUT2D eigenvalue weighted by Gasteiger charge is 2.50. The number of hydrogen-bond donors (Lipinski definition) is 3. The lowest BCUT2D eigenvalue weighted by Crippen LogP contribution is -2.37. The second-order valence-corrected chi connectivity index (χ2v) is 13.0. The van der Waals surface area contributed by atoms with Crippen molar-refractivity contribution in [3.8, 4) is 0 Å². The van der Waals surface area contributed by atoms with Crippen LogP contribution in [0.25, 0.3) is 0 Å². The third-order valence-corrected chi connectivity index (χ3v) is 9.81. The zero-order chi connectivity index (χ0) is 23.5. The smallest absolute Gasteiger partial charge is 0.0811 e. The Morgan fingerprint density at radius 2 is 1.97 bits per heavy atom. The molecule has 3 saturated carbocycles. The summed E-state index contributed by atoms with van der Waals surface area (Å²) in [5.74, 6) is 2.61. The van der Waals surface area contributed by atoms with Crippen molar-refractivity contribution in [1.29, 1.82) is 0 Å². The number of thioether (sulfide) groups is 1. The van der Waals surface area contributed by atoms with Gasteiger partial charge >= 0.3 is 0 Å². The lowest BCUT2D eigenvalue weighted by Gasteiger charge is -2.44. The van der Waals surface area contributed by atoms with Gasteiger partial charge in [-0.25, -0.2) is 0 Å². The standard InChI is InChI=1S/C28H46O3S/c1-19-22(17-23(29)18-26(19)30)11-10-21-9-8-15-28(5)24(12-13-25(21)28)20(2)32-16-7-6-14-27(3,4)31/h10-11,20,23-26,29-31H,1,6-9,12-18H2,2-5H3/t20-,23-,24-,25+,26+,28-/m1/s1. The zero-order valence-corrected chi connectivity index (χ0v) is 21.6. The zero-order valence-electron chi connectivity index (χ0n) is 20.8. The third kappa shape index (κ3) is 6.31. The highest BCUT2D eigenvalue weighted by Crippen LogP contribution is 2.59. The molecule has 0 aromatic rings. The first kappa shape index (κ1) is 26.1. The van der Waals surface area contributed by atoms with Crippen LogP contribution in [0.2, 0.25) is 0 Å². The molecule has 4 heteroatoms. The highest BCUT2D eigenvalue weighted by molar-refractivity contribution is 7.99. The van der Waals surface area contributed by atoms with Gasteiger partial charge in [-0.15, -0.1) is 0 Å². The molecule has 6 atom stereocenters. The van der Waals surface area contributed by atoms with E-state index in [-0.39, 0.29) is 0 Å². The molecule has 0 radical (unpaired) electrons. The van der Waals surface area contributed by atoms with E-state index in [0.717, 1.165) is 29.9 Å². The fourth-order valence-corrected chi connectivity index (χ4v) is 7.98. The number of fused-ring (bicyclic) bond motifs is 1. The maximum absolute atomic E-state index is 10.2. The van der Waals surface area contributed by atoms with Crippen LogP contribution in [-0.2, 0) is 0 Å². The van der Waals surface area contributed by atoms with Crippen molar-refractivity contribution in [2.45, 2.75) is 115 Å². The Labute approximate surface area is 200 Å². The van der Waals surface area contributed by atoms with Gasteiger partial charge < -0.3 is 15.3 Å². The summed E-state index contributed by atoms with van der Waals surface area (Å²) in [5.41, 5.74) is 3.21. The molecule has 0 aromatic carbocycles. The Balaban J connectivity index is 1.61. The van der Waals surface area contributed by atoms with Crippen molar-refractivity contribution in [3.05, 3.63) is 35.5 Å². The maximum atomic E-state index is 10.2. The van der Waals surface area contributed by atoms with Gasteiger partial charge in [-0.1, -0.05) is 38.2 Å². The number of aliphatic hydroxyl groups excluding tert-OH is 2. The molecule has 3 aliphatic carbocycles. The molecule has 182 valence electrons. The normalized spacial score (nSPS) is 37.2. The molecule has 32 heavy (non-hydrogen) atoms. The van der Waals surface area contributed by atoms with Crippen LogP contribution in [0, 0.1) is 17.3 Å². The predicted molar refractivity (Wildman–Crippen MR) is 137 cm³/mol. The molecule has 0 bridgehead atoms. The van der Waals surface area contributed by atoms with Crippen LogP contribution in [0.15, 0.2) is 35.5 Å². The largest absolute Gasteiger partial charge is 0.393 e. The van der Waals surface area contributed by atoms with E-state index in [4.69, 9.17) is 0 Å². The Morgan fingerprint density at radius 1 is 1.22 bits per heavy atom. The van der Waals surface area contributed by atoms with Crippen LogP contribution in [0.5, 0.6) is 0 Å². The molecule has 3 aliphatic rings. The second kappa shape index (κ2) is 10.8. The van der Waals surface area contributed by atoms with E-state index >= 15 is 0 Å². The summed E-state index contributed by atoms with van der Waals surface area (Å²) < 4.78 is 0. The highest BCUT2D eigenvalue weighted by atomic mass is 32.2. The average molecular weight is 463 g/mol. The molecule has 3 rings (SSSR count). The molecule has 3 fully saturated rings. The van der Waals surface area contributed by atoms with Crippen molar-refractivity contribution in [3.63, 3.8) is 0 Å². The van der Waals surface area contributed by atoms with Gasteiger partial charge in [0.2, 0.25) is 0 Å². The van der Waals surface area contributed by atoms with Gasteiger partial charge in [0.15, 0.2) is 0 Å². The first-order valence-corrected chi connectivity index (χ1v) is 13.8. The summed E-state index contributed by atoms with van der Waals surface area (Å²) in [6.07, 6.45) is 13.9. The minimum atomic E-state index is -0.614. The molecule has 0 aromatic heterocycles. The fraction of sp³-hybridized carbons (Fsp3) is 0.786. The van der Waals surface area contributed by atoms with Crippen LogP contribution in [0.1, 0.15) is 91.9 Å². The summed E-state index contributed by atoms with van der Waals surface area (Å²) in [6.45, 7) is 12.9. The van der Waals surface area contributed by atoms with Gasteiger partial charge in [0.25, 0.3) is 0 Å². The van der Waals surface area contributed by atoms with E-state index in [1.54, 1.807) is 5.57 Å². The predicted octanol–water partition coefficient (Wildman–Crippen LogP) is 6.19. The molecule has 0 unspecified atom stereocenters. The quantitative estimate of drug-likeness (QED) is 0.376. The Kier molecular flexibility index (Phi) is 8.80. The van der Waals surface area contributed by atoms with Crippen molar-refractivity contribution in [2.75, 3.05) is 5.75 Å². The average Bonchev–Trinajstić information content (AvgIpc) is 3.06. The van der Waals surface area contributed by atoms with Gasteiger partial charge in [-0.3, -0.25) is 0 Å². The molecule has 0 saturated heterocycles. The SMILES string of the molecule is C=C1C(=CC=C2CCC[C@]3(C)[C@@H]([C@@H](C)SCCCCC(C)(C)O)CC[C@@H]23)C[C@@H](O)C[C@@H]1O. The van der Waals surface area contributed by atoms with E-state index in [1.165, 1.54) is 44.3 Å². The van der Waals surface area contributed by atoms with Gasteiger partial charge in [0, 0.05) is 11.7 Å².